The van der Waals surface area contributed by atoms with E-state index in [1.165, 1.54) is 5.56 Å². The summed E-state index contributed by atoms with van der Waals surface area (Å²) in [6.07, 6.45) is 5.10. The van der Waals surface area contributed by atoms with Crippen molar-refractivity contribution in [2.45, 2.75) is 91.6 Å². The lowest BCUT2D eigenvalue weighted by atomic mass is 9.78. The number of carbonyl (C=O) groups excluding carboxylic acids is 1. The molecular weight excluding hydrogens is 514 g/mol. The van der Waals surface area contributed by atoms with Gasteiger partial charge in [0.05, 0.1) is 29.2 Å². The Hall–Kier alpha value is -2.60. The van der Waals surface area contributed by atoms with Crippen LogP contribution in [0.15, 0.2) is 52.7 Å². The number of aromatic hydroxyl groups is 1. The van der Waals surface area contributed by atoms with Gasteiger partial charge < -0.3 is 14.2 Å². The molecule has 0 atom stereocenters. The van der Waals surface area contributed by atoms with Crippen LogP contribution in [-0.2, 0) is 30.3 Å². The van der Waals surface area contributed by atoms with Gasteiger partial charge in [-0.05, 0) is 41.4 Å². The van der Waals surface area contributed by atoms with E-state index in [2.05, 4.69) is 91.5 Å². The summed E-state index contributed by atoms with van der Waals surface area (Å²) in [6.45, 7) is 15.4. The molecule has 3 aromatic rings. The number of hydrogen-bond acceptors (Lipinski definition) is 3. The molecule has 0 aliphatic carbocycles. The van der Waals surface area contributed by atoms with Crippen LogP contribution in [0.4, 0.5) is 0 Å². The van der Waals surface area contributed by atoms with E-state index < -0.39 is 0 Å². The molecule has 0 aliphatic rings. The van der Waals surface area contributed by atoms with Crippen LogP contribution in [0.3, 0.4) is 0 Å². The molecule has 1 aromatic heterocycles. The fourth-order valence-corrected chi connectivity index (χ4v) is 4.88. The second-order valence-electron chi connectivity index (χ2n) is 11.7. The van der Waals surface area contributed by atoms with Crippen molar-refractivity contribution in [2.24, 2.45) is 4.02 Å². The molecule has 0 radical (unpaired) electrons. The molecular formula is C30H40BrN3O2. The summed E-state index contributed by atoms with van der Waals surface area (Å²) in [4.78, 5) is 13.8. The van der Waals surface area contributed by atoms with Gasteiger partial charge in [0, 0.05) is 28.6 Å². The number of aromatic nitrogens is 2. The van der Waals surface area contributed by atoms with E-state index in [9.17, 15) is 9.90 Å². The Bertz CT molecular complexity index is 1240. The Labute approximate surface area is 224 Å². The SMILES string of the molecule is CCCCc1cn(Cc2ccccc2)/c(=N/Br)n1CC(=O)c1cc(C(C)(C)C)c(O)c(C(C)(C)C)c1. The molecule has 2 aromatic carbocycles. The number of carbonyl (C=O) groups is 1. The predicted molar refractivity (Wildman–Crippen MR) is 151 cm³/mol. The minimum Gasteiger partial charge on any atom is -0.507 e. The summed E-state index contributed by atoms with van der Waals surface area (Å²) in [6, 6.07) is 14.0. The van der Waals surface area contributed by atoms with E-state index >= 15 is 0 Å². The van der Waals surface area contributed by atoms with E-state index in [1.807, 2.05) is 34.9 Å². The second kappa shape index (κ2) is 11.2. The zero-order valence-electron chi connectivity index (χ0n) is 22.7. The third-order valence-corrected chi connectivity index (χ3v) is 6.87. The van der Waals surface area contributed by atoms with Crippen LogP contribution in [0.1, 0.15) is 94.1 Å². The fourth-order valence-electron chi connectivity index (χ4n) is 4.48. The molecule has 0 saturated carbocycles. The van der Waals surface area contributed by atoms with Crippen molar-refractivity contribution < 1.29 is 9.90 Å². The minimum atomic E-state index is -0.296. The van der Waals surface area contributed by atoms with E-state index in [-0.39, 0.29) is 28.9 Å². The van der Waals surface area contributed by atoms with E-state index in [1.54, 1.807) is 0 Å². The first-order chi connectivity index (χ1) is 16.9. The number of imidazole rings is 1. The molecule has 1 heterocycles. The summed E-state index contributed by atoms with van der Waals surface area (Å²) in [5.41, 5.74) is 4.59. The van der Waals surface area contributed by atoms with Crippen LogP contribution in [0.25, 0.3) is 0 Å². The van der Waals surface area contributed by atoms with Gasteiger partial charge in [0.2, 0.25) is 5.62 Å². The number of rotatable bonds is 8. The van der Waals surface area contributed by atoms with Crippen LogP contribution in [0.2, 0.25) is 0 Å². The number of Topliss-reactive ketones (excluding diaryl/α,β-unsaturated/α-hetero) is 1. The van der Waals surface area contributed by atoms with Crippen LogP contribution in [-0.4, -0.2) is 20.0 Å². The van der Waals surface area contributed by atoms with Gasteiger partial charge >= 0.3 is 0 Å². The van der Waals surface area contributed by atoms with Crippen LogP contribution < -0.4 is 5.62 Å². The Morgan fingerprint density at radius 1 is 1.00 bits per heavy atom. The van der Waals surface area contributed by atoms with Gasteiger partial charge in [0.1, 0.15) is 5.75 Å². The molecule has 194 valence electrons. The first kappa shape index (κ1) is 28.0. The average molecular weight is 555 g/mol. The normalized spacial score (nSPS) is 12.8. The maximum absolute atomic E-state index is 13.8. The quantitative estimate of drug-likeness (QED) is 0.303. The van der Waals surface area contributed by atoms with E-state index in [0.717, 1.165) is 36.1 Å². The highest BCUT2D eigenvalue weighted by atomic mass is 79.9. The number of nitrogens with zero attached hydrogens (tertiary/aromatic N) is 3. The summed E-state index contributed by atoms with van der Waals surface area (Å²) in [5.74, 6) is 0.289. The molecule has 0 bridgehead atoms. The van der Waals surface area contributed by atoms with Gasteiger partial charge in [0.25, 0.3) is 0 Å². The molecule has 0 fully saturated rings. The van der Waals surface area contributed by atoms with Gasteiger partial charge in [-0.15, -0.1) is 0 Å². The van der Waals surface area contributed by atoms with Gasteiger partial charge in [-0.3, -0.25) is 4.79 Å². The maximum Gasteiger partial charge on any atom is 0.217 e. The number of halogens is 1. The van der Waals surface area contributed by atoms with Crippen molar-refractivity contribution >= 4 is 21.9 Å². The van der Waals surface area contributed by atoms with Crippen molar-refractivity contribution in [1.29, 1.82) is 0 Å². The van der Waals surface area contributed by atoms with Gasteiger partial charge in [-0.25, -0.2) is 0 Å². The smallest absolute Gasteiger partial charge is 0.217 e. The summed E-state index contributed by atoms with van der Waals surface area (Å²) in [7, 11) is 0. The van der Waals surface area contributed by atoms with Crippen LogP contribution in [0, 0.1) is 0 Å². The third-order valence-electron chi connectivity index (χ3n) is 6.56. The highest BCUT2D eigenvalue weighted by Gasteiger charge is 2.28. The van der Waals surface area contributed by atoms with Crippen molar-refractivity contribution in [1.82, 2.24) is 9.13 Å². The lowest BCUT2D eigenvalue weighted by Crippen LogP contribution is -2.29. The minimum absolute atomic E-state index is 0.00334. The predicted octanol–water partition coefficient (Wildman–Crippen LogP) is 7.07. The second-order valence-corrected chi connectivity index (χ2v) is 12.0. The average Bonchev–Trinajstić information content (AvgIpc) is 3.12. The Morgan fingerprint density at radius 3 is 2.08 bits per heavy atom. The molecule has 3 rings (SSSR count). The lowest BCUT2D eigenvalue weighted by molar-refractivity contribution is 0.0969. The van der Waals surface area contributed by atoms with Crippen LogP contribution >= 0.6 is 16.1 Å². The summed E-state index contributed by atoms with van der Waals surface area (Å²) in [5, 5.41) is 11.1. The van der Waals surface area contributed by atoms with Crippen LogP contribution in [0.5, 0.6) is 5.75 Å². The van der Waals surface area contributed by atoms with Crippen molar-refractivity contribution in [3.05, 3.63) is 82.2 Å². The molecule has 0 spiro atoms. The fraction of sp³-hybridized carbons (Fsp3) is 0.467. The van der Waals surface area contributed by atoms with Gasteiger partial charge in [-0.2, -0.15) is 4.02 Å². The number of ketones is 1. The Kier molecular flexibility index (Phi) is 8.71. The number of hydrogen-bond donors (Lipinski definition) is 1. The largest absolute Gasteiger partial charge is 0.507 e. The third kappa shape index (κ3) is 6.39. The lowest BCUT2D eigenvalue weighted by Gasteiger charge is -2.28. The topological polar surface area (TPSA) is 59.5 Å². The van der Waals surface area contributed by atoms with Crippen molar-refractivity contribution in [3.8, 4) is 5.75 Å². The van der Waals surface area contributed by atoms with Crippen molar-refractivity contribution in [2.75, 3.05) is 0 Å². The molecule has 0 aliphatic heterocycles. The zero-order chi connectivity index (χ0) is 26.7. The number of phenolic OH excluding ortho intramolecular Hbond substituents is 1. The molecule has 0 amide bonds. The van der Waals surface area contributed by atoms with Gasteiger partial charge in [-0.1, -0.05) is 85.2 Å². The molecule has 36 heavy (non-hydrogen) atoms. The molecule has 0 unspecified atom stereocenters. The van der Waals surface area contributed by atoms with Crippen molar-refractivity contribution in [3.63, 3.8) is 0 Å². The van der Waals surface area contributed by atoms with Gasteiger partial charge in [0.15, 0.2) is 5.78 Å². The number of unbranched alkanes of at least 4 members (excludes halogenated alkanes) is 1. The standard InChI is InChI=1S/C30H40BrN3O2/c1-8-9-15-23-19-33(18-21-13-11-10-12-14-21)28(32-31)34(23)20-26(35)22-16-24(29(2,3)4)27(36)25(17-22)30(5,6)7/h10-14,16-17,19,36H,8-9,15,18,20H2,1-7H3/b32-28-. The number of benzene rings is 2. The van der Waals surface area contributed by atoms with E-state index in [0.29, 0.717) is 17.7 Å². The molecule has 6 heteroatoms. The molecule has 5 nitrogen and oxygen atoms in total. The summed E-state index contributed by atoms with van der Waals surface area (Å²) >= 11 is 3.32. The molecule has 1 N–H and O–H groups in total. The first-order valence-electron chi connectivity index (χ1n) is 12.8. The highest BCUT2D eigenvalue weighted by molar-refractivity contribution is 9.08. The zero-order valence-corrected chi connectivity index (χ0v) is 24.3. The molecule has 0 saturated heterocycles. The number of phenols is 1. The maximum atomic E-state index is 13.8. The highest BCUT2D eigenvalue weighted by Crippen LogP contribution is 2.40. The Morgan fingerprint density at radius 2 is 1.58 bits per heavy atom. The summed E-state index contributed by atoms with van der Waals surface area (Å²) < 4.78 is 8.54. The van der Waals surface area contributed by atoms with E-state index in [4.69, 9.17) is 0 Å². The Balaban J connectivity index is 2.08. The number of aryl methyl sites for hydroxylation is 1. The monoisotopic (exact) mass is 553 g/mol. The first-order valence-corrected chi connectivity index (χ1v) is 13.5.